The van der Waals surface area contributed by atoms with Crippen molar-refractivity contribution in [2.24, 2.45) is 0 Å². The van der Waals surface area contributed by atoms with Gasteiger partial charge >= 0.3 is 0 Å². The quantitative estimate of drug-likeness (QED) is 0.680. The summed E-state index contributed by atoms with van der Waals surface area (Å²) in [6.45, 7) is 8.96. The van der Waals surface area contributed by atoms with E-state index >= 15 is 0 Å². The molecule has 5 heteroatoms. The molecule has 1 aliphatic heterocycles. The first-order valence-corrected chi connectivity index (χ1v) is 6.41. The van der Waals surface area contributed by atoms with Gasteiger partial charge in [0, 0.05) is 19.4 Å². The van der Waals surface area contributed by atoms with Crippen molar-refractivity contribution >= 4 is 8.53 Å². The molecule has 1 rings (SSSR count). The SMILES string of the molecule is CC(C)OP(OC(C)C)N1C=CN(C)C1. The Balaban J connectivity index is 2.52. The lowest BCUT2D eigenvalue weighted by Crippen LogP contribution is -2.22. The molecule has 0 amide bonds. The molecular formula is C10H21N2O2P. The maximum Gasteiger partial charge on any atom is 0.291 e. The van der Waals surface area contributed by atoms with Crippen LogP contribution in [-0.2, 0) is 9.05 Å². The van der Waals surface area contributed by atoms with Gasteiger partial charge in [-0.15, -0.1) is 0 Å². The topological polar surface area (TPSA) is 24.9 Å². The molecule has 0 fully saturated rings. The van der Waals surface area contributed by atoms with Crippen LogP contribution in [0, 0.1) is 0 Å². The molecule has 15 heavy (non-hydrogen) atoms. The largest absolute Gasteiger partial charge is 0.361 e. The molecule has 88 valence electrons. The maximum absolute atomic E-state index is 5.78. The Hall–Kier alpha value is -0.310. The molecular weight excluding hydrogens is 211 g/mol. The van der Waals surface area contributed by atoms with Crippen molar-refractivity contribution in [1.82, 2.24) is 9.57 Å². The van der Waals surface area contributed by atoms with Crippen molar-refractivity contribution in [3.05, 3.63) is 12.4 Å². The van der Waals surface area contributed by atoms with E-state index in [0.29, 0.717) is 0 Å². The van der Waals surface area contributed by atoms with Crippen LogP contribution in [0.5, 0.6) is 0 Å². The second kappa shape index (κ2) is 5.69. The number of hydrogen-bond donors (Lipinski definition) is 0. The van der Waals surface area contributed by atoms with Gasteiger partial charge in [0.25, 0.3) is 8.53 Å². The number of hydrogen-bond acceptors (Lipinski definition) is 4. The summed E-state index contributed by atoms with van der Waals surface area (Å²) in [7, 11) is 1.07. The third-order valence-corrected chi connectivity index (χ3v) is 3.56. The van der Waals surface area contributed by atoms with E-state index in [9.17, 15) is 0 Å². The van der Waals surface area contributed by atoms with E-state index < -0.39 is 8.53 Å². The standard InChI is InChI=1S/C10H21N2O2P/c1-9(2)13-15(14-10(3)4)12-7-6-11(5)8-12/h6-7,9-10H,8H2,1-5H3. The van der Waals surface area contributed by atoms with Gasteiger partial charge in [-0.3, -0.25) is 4.67 Å². The van der Waals surface area contributed by atoms with Crippen LogP contribution in [0.4, 0.5) is 0 Å². The fourth-order valence-corrected chi connectivity index (χ4v) is 2.61. The van der Waals surface area contributed by atoms with Gasteiger partial charge in [-0.05, 0) is 27.7 Å². The number of nitrogens with zero attached hydrogens (tertiary/aromatic N) is 2. The first-order valence-electron chi connectivity index (χ1n) is 5.28. The first-order chi connectivity index (χ1) is 6.99. The van der Waals surface area contributed by atoms with E-state index in [0.717, 1.165) is 6.67 Å². The Morgan fingerprint density at radius 1 is 1.07 bits per heavy atom. The number of rotatable bonds is 5. The van der Waals surface area contributed by atoms with Gasteiger partial charge in [-0.1, -0.05) is 0 Å². The summed E-state index contributed by atoms with van der Waals surface area (Å²) in [5.41, 5.74) is 0. The Morgan fingerprint density at radius 2 is 1.60 bits per heavy atom. The van der Waals surface area contributed by atoms with Crippen LogP contribution < -0.4 is 0 Å². The van der Waals surface area contributed by atoms with Crippen molar-refractivity contribution in [2.45, 2.75) is 39.9 Å². The van der Waals surface area contributed by atoms with Crippen LogP contribution in [0.25, 0.3) is 0 Å². The van der Waals surface area contributed by atoms with Crippen molar-refractivity contribution in [3.63, 3.8) is 0 Å². The highest BCUT2D eigenvalue weighted by atomic mass is 31.2. The Morgan fingerprint density at radius 3 is 1.93 bits per heavy atom. The molecule has 0 aromatic carbocycles. The van der Waals surface area contributed by atoms with Gasteiger partial charge < -0.3 is 13.9 Å². The third kappa shape index (κ3) is 4.37. The van der Waals surface area contributed by atoms with Gasteiger partial charge in [0.2, 0.25) is 0 Å². The zero-order valence-electron chi connectivity index (χ0n) is 10.2. The summed E-state index contributed by atoms with van der Waals surface area (Å²) >= 11 is 0. The fourth-order valence-electron chi connectivity index (χ4n) is 1.13. The van der Waals surface area contributed by atoms with Crippen molar-refractivity contribution in [2.75, 3.05) is 13.7 Å². The normalized spacial score (nSPS) is 16.5. The molecule has 1 aliphatic rings. The second-order valence-corrected chi connectivity index (χ2v) is 5.59. The zero-order valence-corrected chi connectivity index (χ0v) is 11.1. The van der Waals surface area contributed by atoms with E-state index in [-0.39, 0.29) is 12.2 Å². The van der Waals surface area contributed by atoms with Crippen LogP contribution in [0.1, 0.15) is 27.7 Å². The van der Waals surface area contributed by atoms with Gasteiger partial charge in [0.1, 0.15) is 0 Å². The molecule has 0 unspecified atom stereocenters. The minimum absolute atomic E-state index is 0.189. The van der Waals surface area contributed by atoms with E-state index in [1.807, 2.05) is 47.1 Å². The monoisotopic (exact) mass is 232 g/mol. The molecule has 4 nitrogen and oxygen atoms in total. The average molecular weight is 232 g/mol. The molecule has 0 atom stereocenters. The molecule has 0 saturated carbocycles. The summed E-state index contributed by atoms with van der Waals surface area (Å²) in [6.07, 6.45) is 4.43. The van der Waals surface area contributed by atoms with Gasteiger partial charge in [0.05, 0.1) is 18.9 Å². The summed E-state index contributed by atoms with van der Waals surface area (Å²) in [4.78, 5) is 2.10. The first kappa shape index (κ1) is 12.8. The highest BCUT2D eigenvalue weighted by Crippen LogP contribution is 2.46. The summed E-state index contributed by atoms with van der Waals surface area (Å²) in [5.74, 6) is 0. The van der Waals surface area contributed by atoms with Crippen molar-refractivity contribution < 1.29 is 9.05 Å². The molecule has 0 saturated heterocycles. The summed E-state index contributed by atoms with van der Waals surface area (Å²) in [6, 6.07) is 0. The van der Waals surface area contributed by atoms with Gasteiger partial charge in [-0.2, -0.15) is 0 Å². The van der Waals surface area contributed by atoms with Crippen molar-refractivity contribution in [1.29, 1.82) is 0 Å². The summed E-state index contributed by atoms with van der Waals surface area (Å²) < 4.78 is 13.7. The minimum Gasteiger partial charge on any atom is -0.361 e. The maximum atomic E-state index is 5.78. The Kier molecular flexibility index (Phi) is 4.84. The molecule has 0 spiro atoms. The highest BCUT2D eigenvalue weighted by Gasteiger charge is 2.24. The Labute approximate surface area is 93.8 Å². The smallest absolute Gasteiger partial charge is 0.291 e. The molecule has 0 aromatic heterocycles. The molecule has 0 aliphatic carbocycles. The molecule has 0 N–H and O–H groups in total. The Bertz CT molecular complexity index is 211. The average Bonchev–Trinajstić information content (AvgIpc) is 2.48. The van der Waals surface area contributed by atoms with E-state index in [1.165, 1.54) is 0 Å². The van der Waals surface area contributed by atoms with Crippen LogP contribution >= 0.6 is 8.53 Å². The van der Waals surface area contributed by atoms with Gasteiger partial charge in [0.15, 0.2) is 0 Å². The lowest BCUT2D eigenvalue weighted by atomic mass is 10.5. The molecule has 1 heterocycles. The molecule has 0 radical (unpaired) electrons. The predicted octanol–water partition coefficient (Wildman–Crippen LogP) is 2.74. The van der Waals surface area contributed by atoms with Crippen LogP contribution in [0.2, 0.25) is 0 Å². The van der Waals surface area contributed by atoms with Crippen LogP contribution in [0.15, 0.2) is 12.4 Å². The summed E-state index contributed by atoms with van der Waals surface area (Å²) in [5, 5.41) is 0. The lowest BCUT2D eigenvalue weighted by Gasteiger charge is -2.29. The molecule has 0 bridgehead atoms. The second-order valence-electron chi connectivity index (χ2n) is 4.18. The van der Waals surface area contributed by atoms with E-state index in [4.69, 9.17) is 9.05 Å². The van der Waals surface area contributed by atoms with E-state index in [1.54, 1.807) is 0 Å². The zero-order chi connectivity index (χ0) is 11.4. The van der Waals surface area contributed by atoms with Gasteiger partial charge in [-0.25, -0.2) is 0 Å². The minimum atomic E-state index is -0.962. The van der Waals surface area contributed by atoms with E-state index in [2.05, 4.69) is 9.57 Å². The highest BCUT2D eigenvalue weighted by molar-refractivity contribution is 7.44. The van der Waals surface area contributed by atoms with Crippen molar-refractivity contribution in [3.8, 4) is 0 Å². The molecule has 0 aromatic rings. The lowest BCUT2D eigenvalue weighted by molar-refractivity contribution is 0.150. The van der Waals surface area contributed by atoms with Crippen LogP contribution in [0.3, 0.4) is 0 Å². The predicted molar refractivity (Wildman–Crippen MR) is 63.0 cm³/mol. The fraction of sp³-hybridized carbons (Fsp3) is 0.800. The third-order valence-electron chi connectivity index (χ3n) is 1.67. The van der Waals surface area contributed by atoms with Crippen LogP contribution in [-0.4, -0.2) is 35.5 Å².